The highest BCUT2D eigenvalue weighted by Crippen LogP contribution is 2.42. The maximum Gasteiger partial charge on any atom is 0.325 e. The number of esters is 1. The van der Waals surface area contributed by atoms with Crippen molar-refractivity contribution in [1.29, 1.82) is 0 Å². The van der Waals surface area contributed by atoms with Gasteiger partial charge in [0.15, 0.2) is 0 Å². The molecule has 0 aromatic heterocycles. The lowest BCUT2D eigenvalue weighted by atomic mass is 9.85. The van der Waals surface area contributed by atoms with Crippen LogP contribution in [0.1, 0.15) is 63.0 Å². The second kappa shape index (κ2) is 11.0. The Balaban J connectivity index is 0.000000858. The van der Waals surface area contributed by atoms with E-state index in [2.05, 4.69) is 29.4 Å². The first-order valence-corrected chi connectivity index (χ1v) is 11.7. The fourth-order valence-corrected chi connectivity index (χ4v) is 4.61. The molecule has 0 amide bonds. The Morgan fingerprint density at radius 3 is 2.48 bits per heavy atom. The molecule has 0 radical (unpaired) electrons. The van der Waals surface area contributed by atoms with E-state index in [1.54, 1.807) is 12.1 Å². The number of benzene rings is 1. The monoisotopic (exact) mass is 426 g/mol. The molecule has 1 saturated carbocycles. The number of ether oxygens (including phenoxy) is 1. The van der Waals surface area contributed by atoms with Gasteiger partial charge in [0.2, 0.25) is 0 Å². The number of phenols is 1. The number of rotatable bonds is 5. The molecule has 0 bridgehead atoms. The van der Waals surface area contributed by atoms with Gasteiger partial charge in [-0.15, -0.1) is 6.58 Å². The van der Waals surface area contributed by atoms with Crippen LogP contribution in [0.5, 0.6) is 11.5 Å². The van der Waals surface area contributed by atoms with E-state index in [9.17, 15) is 9.90 Å². The van der Waals surface area contributed by atoms with Gasteiger partial charge in [-0.25, -0.2) is 0 Å². The van der Waals surface area contributed by atoms with Gasteiger partial charge in [0.25, 0.3) is 0 Å². The summed E-state index contributed by atoms with van der Waals surface area (Å²) in [5, 5.41) is 10.6. The van der Waals surface area contributed by atoms with Crippen LogP contribution in [0.3, 0.4) is 0 Å². The van der Waals surface area contributed by atoms with Crippen LogP contribution in [0.25, 0.3) is 0 Å². The third-order valence-electron chi connectivity index (χ3n) is 6.25. The van der Waals surface area contributed by atoms with Gasteiger partial charge in [-0.05, 0) is 70.6 Å². The first kappa shape index (κ1) is 23.6. The smallest absolute Gasteiger partial charge is 0.325 e. The van der Waals surface area contributed by atoms with E-state index < -0.39 is 0 Å². The third kappa shape index (κ3) is 6.68. The highest BCUT2D eigenvalue weighted by molar-refractivity contribution is 5.75. The van der Waals surface area contributed by atoms with Crippen LogP contribution in [-0.4, -0.2) is 59.6 Å². The molecule has 3 aliphatic rings. The molecule has 1 aliphatic heterocycles. The normalized spacial score (nSPS) is 22.2. The number of hydrogen-bond acceptors (Lipinski definition) is 5. The molecular weight excluding hydrogens is 388 g/mol. The van der Waals surface area contributed by atoms with Crippen LogP contribution < -0.4 is 4.74 Å². The average Bonchev–Trinajstić information content (AvgIpc) is 3.54. The van der Waals surface area contributed by atoms with E-state index in [4.69, 9.17) is 4.74 Å². The lowest BCUT2D eigenvalue weighted by Crippen LogP contribution is -2.49. The predicted molar refractivity (Wildman–Crippen MR) is 126 cm³/mol. The average molecular weight is 427 g/mol. The molecule has 1 N–H and O–H groups in total. The summed E-state index contributed by atoms with van der Waals surface area (Å²) in [6.07, 6.45) is 9.79. The minimum atomic E-state index is -0.234. The van der Waals surface area contributed by atoms with E-state index in [-0.39, 0.29) is 17.6 Å². The minimum absolute atomic E-state index is 0.110. The highest BCUT2D eigenvalue weighted by atomic mass is 16.5. The van der Waals surface area contributed by atoms with Crippen LogP contribution in [-0.2, 0) is 4.79 Å². The molecule has 5 nitrogen and oxygen atoms in total. The van der Waals surface area contributed by atoms with Crippen molar-refractivity contribution >= 4 is 5.97 Å². The molecule has 1 atom stereocenters. The van der Waals surface area contributed by atoms with Crippen molar-refractivity contribution in [3.63, 3.8) is 0 Å². The summed E-state index contributed by atoms with van der Waals surface area (Å²) in [7, 11) is 0. The Hall–Kier alpha value is -2.11. The first-order valence-electron chi connectivity index (χ1n) is 11.7. The predicted octanol–water partition coefficient (Wildman–Crippen LogP) is 4.79. The number of phenolic OH excluding ortho intramolecular Hbond substituents is 1. The minimum Gasteiger partial charge on any atom is -0.507 e. The second-order valence-corrected chi connectivity index (χ2v) is 9.13. The number of aromatic hydroxyl groups is 1. The van der Waals surface area contributed by atoms with Crippen molar-refractivity contribution in [2.24, 2.45) is 0 Å². The topological polar surface area (TPSA) is 53.0 Å². The van der Waals surface area contributed by atoms with Crippen LogP contribution in [0.2, 0.25) is 0 Å². The van der Waals surface area contributed by atoms with Crippen molar-refractivity contribution in [3.05, 3.63) is 47.6 Å². The molecule has 31 heavy (non-hydrogen) atoms. The number of carbonyl (C=O) groups excluding carboxylic acids is 1. The molecule has 170 valence electrons. The molecule has 2 fully saturated rings. The molecule has 1 heterocycles. The van der Waals surface area contributed by atoms with E-state index in [0.29, 0.717) is 12.3 Å². The second-order valence-electron chi connectivity index (χ2n) is 9.13. The zero-order valence-electron chi connectivity index (χ0n) is 19.4. The SMILES string of the molecule is C=CC.CC1=CC(c2c(O)cc(C)cc2OC(=O)CN2CCN(C3CC3)CC2)CCC1. The summed E-state index contributed by atoms with van der Waals surface area (Å²) in [6.45, 7) is 13.5. The van der Waals surface area contributed by atoms with Gasteiger partial charge < -0.3 is 9.84 Å². The fraction of sp³-hybridized carbons (Fsp3) is 0.577. The molecule has 2 aliphatic carbocycles. The summed E-state index contributed by atoms with van der Waals surface area (Å²) in [6, 6.07) is 4.44. The summed E-state index contributed by atoms with van der Waals surface area (Å²) < 4.78 is 5.80. The van der Waals surface area contributed by atoms with Gasteiger partial charge >= 0.3 is 5.97 Å². The van der Waals surface area contributed by atoms with Crippen molar-refractivity contribution in [2.75, 3.05) is 32.7 Å². The maximum atomic E-state index is 12.7. The van der Waals surface area contributed by atoms with Crippen molar-refractivity contribution < 1.29 is 14.6 Å². The number of aryl methyl sites for hydroxylation is 1. The third-order valence-corrected chi connectivity index (χ3v) is 6.25. The van der Waals surface area contributed by atoms with Crippen LogP contribution >= 0.6 is 0 Å². The fourth-order valence-electron chi connectivity index (χ4n) is 4.61. The Morgan fingerprint density at radius 1 is 1.19 bits per heavy atom. The molecule has 1 aromatic carbocycles. The standard InChI is InChI=1S/C23H32N2O3.C3H6/c1-16-4-3-5-18(12-16)23-20(26)13-17(2)14-21(23)28-22(27)15-24-8-10-25(11-9-24)19-6-7-19;1-3-2/h12-14,18-19,26H,3-11,15H2,1-2H3;3H,1H2,2H3. The Labute approximate surface area is 187 Å². The number of hydrogen-bond donors (Lipinski definition) is 1. The molecule has 1 saturated heterocycles. The van der Waals surface area contributed by atoms with Gasteiger partial charge in [0, 0.05) is 43.7 Å². The van der Waals surface area contributed by atoms with Gasteiger partial charge in [-0.1, -0.05) is 17.7 Å². The number of allylic oxidation sites excluding steroid dienone is 3. The molecule has 1 aromatic rings. The lowest BCUT2D eigenvalue weighted by molar-refractivity contribution is -0.136. The summed E-state index contributed by atoms with van der Waals surface area (Å²) in [4.78, 5) is 17.4. The van der Waals surface area contributed by atoms with Gasteiger partial charge in [-0.2, -0.15) is 0 Å². The number of carbonyl (C=O) groups is 1. The van der Waals surface area contributed by atoms with Crippen molar-refractivity contribution in [2.45, 2.75) is 64.8 Å². The Kier molecular flexibility index (Phi) is 8.33. The van der Waals surface area contributed by atoms with E-state index in [1.165, 1.54) is 18.4 Å². The molecular formula is C26H38N2O3. The largest absolute Gasteiger partial charge is 0.507 e. The summed E-state index contributed by atoms with van der Waals surface area (Å²) >= 11 is 0. The zero-order chi connectivity index (χ0) is 22.4. The molecule has 0 spiro atoms. The van der Waals surface area contributed by atoms with E-state index in [0.717, 1.165) is 62.6 Å². The summed E-state index contributed by atoms with van der Waals surface area (Å²) in [5.41, 5.74) is 3.00. The lowest BCUT2D eigenvalue weighted by Gasteiger charge is -2.34. The maximum absolute atomic E-state index is 12.7. The molecule has 4 rings (SSSR count). The molecule has 1 unspecified atom stereocenters. The van der Waals surface area contributed by atoms with E-state index in [1.807, 2.05) is 19.9 Å². The number of nitrogens with zero attached hydrogens (tertiary/aromatic N) is 2. The van der Waals surface area contributed by atoms with E-state index >= 15 is 0 Å². The molecule has 5 heteroatoms. The van der Waals surface area contributed by atoms with Gasteiger partial charge in [0.05, 0.1) is 6.54 Å². The van der Waals surface area contributed by atoms with Crippen molar-refractivity contribution in [3.8, 4) is 11.5 Å². The van der Waals surface area contributed by atoms with Gasteiger partial charge in [0.1, 0.15) is 11.5 Å². The Bertz CT molecular complexity index is 805. The highest BCUT2D eigenvalue weighted by Gasteiger charge is 2.32. The quantitative estimate of drug-likeness (QED) is 0.417. The van der Waals surface area contributed by atoms with Gasteiger partial charge in [-0.3, -0.25) is 14.6 Å². The van der Waals surface area contributed by atoms with Crippen LogP contribution in [0.15, 0.2) is 36.4 Å². The zero-order valence-corrected chi connectivity index (χ0v) is 19.4. The summed E-state index contributed by atoms with van der Waals surface area (Å²) in [5.74, 6) is 0.633. The van der Waals surface area contributed by atoms with Crippen molar-refractivity contribution in [1.82, 2.24) is 9.80 Å². The first-order chi connectivity index (χ1) is 14.9. The van der Waals surface area contributed by atoms with Crippen LogP contribution in [0, 0.1) is 6.92 Å². The number of piperazine rings is 1. The Morgan fingerprint density at radius 2 is 1.87 bits per heavy atom. The van der Waals surface area contributed by atoms with Crippen LogP contribution in [0.4, 0.5) is 0 Å².